The number of halogens is 3. The molecule has 2 unspecified atom stereocenters. The van der Waals surface area contributed by atoms with E-state index in [1.54, 1.807) is 19.1 Å². The molecule has 1 aliphatic carbocycles. The van der Waals surface area contributed by atoms with Gasteiger partial charge in [-0.3, -0.25) is 4.79 Å². The minimum Gasteiger partial charge on any atom is -0.376 e. The average molecular weight is 419 g/mol. The zero-order valence-electron chi connectivity index (χ0n) is 16.8. The zero-order valence-corrected chi connectivity index (χ0v) is 16.8. The Kier molecular flexibility index (Phi) is 4.47. The maximum Gasteiger partial charge on any atom is 0.416 e. The van der Waals surface area contributed by atoms with Gasteiger partial charge in [0.1, 0.15) is 0 Å². The van der Waals surface area contributed by atoms with Crippen LogP contribution in [0.4, 0.5) is 13.2 Å². The van der Waals surface area contributed by atoms with Gasteiger partial charge in [-0.05, 0) is 56.9 Å². The molecule has 0 bridgehead atoms. The van der Waals surface area contributed by atoms with Gasteiger partial charge in [-0.1, -0.05) is 12.5 Å². The summed E-state index contributed by atoms with van der Waals surface area (Å²) in [5.74, 6) is -0.165. The predicted molar refractivity (Wildman–Crippen MR) is 103 cm³/mol. The van der Waals surface area contributed by atoms with Crippen LogP contribution < -0.4 is 0 Å². The lowest BCUT2D eigenvalue weighted by atomic mass is 9.56. The van der Waals surface area contributed by atoms with Gasteiger partial charge in [0.05, 0.1) is 23.4 Å². The zero-order chi connectivity index (χ0) is 21.1. The van der Waals surface area contributed by atoms with Gasteiger partial charge in [-0.15, -0.1) is 0 Å². The number of aromatic nitrogens is 2. The molecule has 1 aromatic heterocycles. The summed E-state index contributed by atoms with van der Waals surface area (Å²) in [5, 5.41) is 4.38. The summed E-state index contributed by atoms with van der Waals surface area (Å²) in [6, 6.07) is 6.73. The summed E-state index contributed by atoms with van der Waals surface area (Å²) in [6.45, 7) is 3.19. The van der Waals surface area contributed by atoms with E-state index < -0.39 is 11.7 Å². The third-order valence-electron chi connectivity index (χ3n) is 6.90. The Morgan fingerprint density at radius 1 is 1.23 bits per heavy atom. The number of ether oxygens (including phenoxy) is 1. The number of alkyl halides is 3. The lowest BCUT2D eigenvalue weighted by Gasteiger charge is -2.63. The van der Waals surface area contributed by atoms with E-state index in [-0.39, 0.29) is 34.8 Å². The molecule has 1 spiro atoms. The largest absolute Gasteiger partial charge is 0.416 e. The monoisotopic (exact) mass is 419 g/mol. The van der Waals surface area contributed by atoms with Crippen LogP contribution in [0.15, 0.2) is 30.3 Å². The number of likely N-dealkylation sites (tertiary alicyclic amines) is 1. The number of hydrogen-bond donors (Lipinski definition) is 0. The molecule has 3 aliphatic rings. The Hall–Kier alpha value is -2.35. The Labute approximate surface area is 172 Å². The van der Waals surface area contributed by atoms with E-state index >= 15 is 0 Å². The van der Waals surface area contributed by atoms with Gasteiger partial charge in [0.2, 0.25) is 0 Å². The summed E-state index contributed by atoms with van der Waals surface area (Å²) >= 11 is 0. The SMILES string of the molecule is Cc1cc(C(=O)N2CC3(CCC3)C2C2CCCO2)nn1-c1cccc(C(F)(F)F)c1. The molecular formula is C22H24F3N3O2. The van der Waals surface area contributed by atoms with E-state index in [1.165, 1.54) is 17.2 Å². The highest BCUT2D eigenvalue weighted by molar-refractivity contribution is 5.93. The van der Waals surface area contributed by atoms with E-state index in [0.29, 0.717) is 12.2 Å². The molecule has 8 heteroatoms. The smallest absolute Gasteiger partial charge is 0.376 e. The second-order valence-corrected chi connectivity index (χ2v) is 8.78. The van der Waals surface area contributed by atoms with Crippen molar-refractivity contribution in [3.8, 4) is 5.69 Å². The van der Waals surface area contributed by atoms with Crippen LogP contribution in [0.3, 0.4) is 0 Å². The molecule has 2 aromatic rings. The number of rotatable bonds is 3. The Balaban J connectivity index is 1.41. The van der Waals surface area contributed by atoms with Crippen LogP contribution in [-0.2, 0) is 10.9 Å². The highest BCUT2D eigenvalue weighted by atomic mass is 19.4. The number of aryl methyl sites for hydroxylation is 1. The van der Waals surface area contributed by atoms with Crippen molar-refractivity contribution >= 4 is 5.91 Å². The van der Waals surface area contributed by atoms with Crippen molar-refractivity contribution in [2.45, 2.75) is 57.3 Å². The highest BCUT2D eigenvalue weighted by Gasteiger charge is 2.60. The molecule has 3 fully saturated rings. The average Bonchev–Trinajstić information content (AvgIpc) is 3.29. The molecular weight excluding hydrogens is 395 g/mol. The molecule has 0 N–H and O–H groups in total. The molecule has 0 radical (unpaired) electrons. The van der Waals surface area contributed by atoms with Crippen molar-refractivity contribution < 1.29 is 22.7 Å². The van der Waals surface area contributed by atoms with Crippen molar-refractivity contribution in [2.75, 3.05) is 13.2 Å². The van der Waals surface area contributed by atoms with Crippen LogP contribution in [0.1, 0.15) is 53.8 Å². The lowest BCUT2D eigenvalue weighted by molar-refractivity contribution is -0.150. The summed E-state index contributed by atoms with van der Waals surface area (Å²) in [6.07, 6.45) is 1.07. The normalized spacial score (nSPS) is 25.3. The molecule has 5 nitrogen and oxygen atoms in total. The van der Waals surface area contributed by atoms with E-state index in [2.05, 4.69) is 5.10 Å². The summed E-state index contributed by atoms with van der Waals surface area (Å²) in [5.41, 5.74) is 0.614. The predicted octanol–water partition coefficient (Wildman–Crippen LogP) is 4.37. The lowest BCUT2D eigenvalue weighted by Crippen LogP contribution is -2.72. The molecule has 30 heavy (non-hydrogen) atoms. The maximum absolute atomic E-state index is 13.3. The first-order chi connectivity index (χ1) is 14.3. The molecule has 2 atom stereocenters. The second kappa shape index (κ2) is 6.83. The molecule has 160 valence electrons. The molecule has 1 saturated carbocycles. The third-order valence-corrected chi connectivity index (χ3v) is 6.90. The van der Waals surface area contributed by atoms with Crippen LogP contribution in [0.5, 0.6) is 0 Å². The van der Waals surface area contributed by atoms with Crippen molar-refractivity contribution in [3.63, 3.8) is 0 Å². The van der Waals surface area contributed by atoms with E-state index in [9.17, 15) is 18.0 Å². The fraction of sp³-hybridized carbons (Fsp3) is 0.545. The molecule has 1 aromatic carbocycles. The topological polar surface area (TPSA) is 47.4 Å². The van der Waals surface area contributed by atoms with Gasteiger partial charge < -0.3 is 9.64 Å². The number of nitrogens with zero attached hydrogens (tertiary/aromatic N) is 3. The fourth-order valence-corrected chi connectivity index (χ4v) is 5.28. The number of carbonyl (C=O) groups is 1. The minimum absolute atomic E-state index is 0.0784. The molecule has 3 heterocycles. The number of hydrogen-bond acceptors (Lipinski definition) is 3. The van der Waals surface area contributed by atoms with Crippen LogP contribution >= 0.6 is 0 Å². The first-order valence-electron chi connectivity index (χ1n) is 10.5. The fourth-order valence-electron chi connectivity index (χ4n) is 5.28. The first-order valence-corrected chi connectivity index (χ1v) is 10.5. The first kappa shape index (κ1) is 19.6. The van der Waals surface area contributed by atoms with Gasteiger partial charge in [0.25, 0.3) is 5.91 Å². The summed E-state index contributed by atoms with van der Waals surface area (Å²) in [7, 11) is 0. The Morgan fingerprint density at radius 2 is 2.03 bits per heavy atom. The number of amides is 1. The van der Waals surface area contributed by atoms with Crippen molar-refractivity contribution in [3.05, 3.63) is 47.3 Å². The van der Waals surface area contributed by atoms with Gasteiger partial charge in [0, 0.05) is 24.3 Å². The van der Waals surface area contributed by atoms with Crippen LogP contribution in [-0.4, -0.2) is 45.9 Å². The minimum atomic E-state index is -4.43. The highest BCUT2D eigenvalue weighted by Crippen LogP contribution is 2.55. The summed E-state index contributed by atoms with van der Waals surface area (Å²) < 4.78 is 46.6. The quantitative estimate of drug-likeness (QED) is 0.742. The van der Waals surface area contributed by atoms with E-state index in [1.807, 2.05) is 4.90 Å². The van der Waals surface area contributed by atoms with E-state index in [4.69, 9.17) is 4.74 Å². The Morgan fingerprint density at radius 3 is 2.67 bits per heavy atom. The van der Waals surface area contributed by atoms with Gasteiger partial charge in [-0.2, -0.15) is 18.3 Å². The standard InChI is InChI=1S/C22H24F3N3O2/c1-14-11-17(26-28(14)16-6-2-5-15(12-16)22(23,24)25)20(29)27-13-21(8-4-9-21)19(27)18-7-3-10-30-18/h2,5-6,11-12,18-19H,3-4,7-10,13H2,1H3. The van der Waals surface area contributed by atoms with Crippen LogP contribution in [0.2, 0.25) is 0 Å². The van der Waals surface area contributed by atoms with Gasteiger partial charge in [-0.25, -0.2) is 4.68 Å². The molecule has 5 rings (SSSR count). The Bertz CT molecular complexity index is 974. The van der Waals surface area contributed by atoms with Crippen molar-refractivity contribution in [2.24, 2.45) is 5.41 Å². The van der Waals surface area contributed by atoms with Crippen LogP contribution in [0.25, 0.3) is 5.69 Å². The van der Waals surface area contributed by atoms with Crippen molar-refractivity contribution in [1.82, 2.24) is 14.7 Å². The maximum atomic E-state index is 13.3. The van der Waals surface area contributed by atoms with Gasteiger partial charge in [0.15, 0.2) is 5.69 Å². The molecule has 2 saturated heterocycles. The number of carbonyl (C=O) groups excluding carboxylic acids is 1. The third kappa shape index (κ3) is 3.04. The van der Waals surface area contributed by atoms with E-state index in [0.717, 1.165) is 44.4 Å². The molecule has 1 amide bonds. The van der Waals surface area contributed by atoms with Crippen LogP contribution in [0, 0.1) is 12.3 Å². The van der Waals surface area contributed by atoms with Crippen molar-refractivity contribution in [1.29, 1.82) is 0 Å². The molecule has 2 aliphatic heterocycles. The summed E-state index contributed by atoms with van der Waals surface area (Å²) in [4.78, 5) is 15.1. The number of benzene rings is 1. The second-order valence-electron chi connectivity index (χ2n) is 8.78. The van der Waals surface area contributed by atoms with Gasteiger partial charge >= 0.3 is 6.18 Å².